The van der Waals surface area contributed by atoms with E-state index in [1.54, 1.807) is 19.1 Å². The van der Waals surface area contributed by atoms with Crippen LogP contribution in [0.25, 0.3) is 0 Å². The van der Waals surface area contributed by atoms with Gasteiger partial charge in [-0.3, -0.25) is 9.59 Å². The summed E-state index contributed by atoms with van der Waals surface area (Å²) in [5.41, 5.74) is 4.18. The molecule has 4 aliphatic carbocycles. The molecule has 0 aromatic heterocycles. The Hall–Kier alpha value is -3.24. The van der Waals surface area contributed by atoms with Crippen molar-refractivity contribution in [2.45, 2.75) is 69.9 Å². The summed E-state index contributed by atoms with van der Waals surface area (Å²) in [7, 11) is 0. The molecule has 0 heterocycles. The molecule has 0 spiro atoms. The van der Waals surface area contributed by atoms with Crippen LogP contribution in [-0.2, 0) is 20.7 Å². The maximum Gasteiger partial charge on any atom is 0.181 e. The molecule has 0 amide bonds. The van der Waals surface area contributed by atoms with Gasteiger partial charge in [0, 0.05) is 22.6 Å². The number of nitrogens with two attached hydrogens (primary N) is 1. The van der Waals surface area contributed by atoms with E-state index in [2.05, 4.69) is 0 Å². The Balaban J connectivity index is 1.28. The molecule has 0 saturated heterocycles. The maximum atomic E-state index is 17.5. The molecule has 2 aromatic rings. The highest BCUT2D eigenvalue weighted by Crippen LogP contribution is 2.69. The minimum Gasteiger partial charge on any atom is -0.399 e. The molecule has 234 valence electrons. The second kappa shape index (κ2) is 11.0. The predicted octanol–water partition coefficient (Wildman–Crippen LogP) is 4.34. The van der Waals surface area contributed by atoms with E-state index >= 15 is 8.78 Å². The van der Waals surface area contributed by atoms with Crippen molar-refractivity contribution in [3.8, 4) is 0 Å². The summed E-state index contributed by atoms with van der Waals surface area (Å²) in [6.07, 6.45) is -1.41. The van der Waals surface area contributed by atoms with E-state index in [0.29, 0.717) is 17.7 Å². The second-order valence-electron chi connectivity index (χ2n) is 13.5. The van der Waals surface area contributed by atoms with Gasteiger partial charge in [-0.05, 0) is 84.9 Å². The predicted molar refractivity (Wildman–Crippen MR) is 160 cm³/mol. The fourth-order valence-electron chi connectivity index (χ4n) is 8.99. The van der Waals surface area contributed by atoms with Crippen molar-refractivity contribution in [1.29, 1.82) is 0 Å². The molecule has 5 N–H and O–H groups in total. The lowest BCUT2D eigenvalue weighted by Crippen LogP contribution is -2.68. The summed E-state index contributed by atoms with van der Waals surface area (Å²) < 4.78 is 39.3. The third kappa shape index (κ3) is 4.67. The average Bonchev–Trinajstić information content (AvgIpc) is 3.26. The van der Waals surface area contributed by atoms with Gasteiger partial charge in [-0.2, -0.15) is 0 Å². The van der Waals surface area contributed by atoms with Gasteiger partial charge in [-0.1, -0.05) is 49.4 Å². The molecule has 10 atom stereocenters. The lowest BCUT2D eigenvalue weighted by Gasteiger charge is -2.62. The fraction of sp³-hybridized carbons (Fsp3) is 0.486. The summed E-state index contributed by atoms with van der Waals surface area (Å²) in [6.45, 7) is 2.50. The molecule has 3 saturated carbocycles. The highest BCUT2D eigenvalue weighted by Gasteiger charge is 2.73. The number of fused-ring (bicyclic) bond motifs is 5. The van der Waals surface area contributed by atoms with Gasteiger partial charge < -0.3 is 25.8 Å². The Morgan fingerprint density at radius 1 is 1.11 bits per heavy atom. The van der Waals surface area contributed by atoms with Gasteiger partial charge in [0.2, 0.25) is 0 Å². The minimum atomic E-state index is -2.30. The molecule has 3 fully saturated rings. The molecule has 0 unspecified atom stereocenters. The van der Waals surface area contributed by atoms with Crippen LogP contribution in [0.1, 0.15) is 56.1 Å². The molecule has 2 aromatic carbocycles. The normalized spacial score (nSPS) is 38.3. The quantitative estimate of drug-likeness (QED) is 0.272. The molecule has 0 aliphatic heterocycles. The molecular formula is C35H39F2NO6. The molecule has 4 aliphatic rings. The van der Waals surface area contributed by atoms with Gasteiger partial charge in [0.05, 0.1) is 18.1 Å². The zero-order chi connectivity index (χ0) is 31.6. The first kappa shape index (κ1) is 30.8. The average molecular weight is 608 g/mol. The number of carbonyl (C=O) groups is 2. The number of aliphatic hydroxyl groups excluding tert-OH is 3. The number of nitrogen functional groups attached to an aromatic ring is 1. The molecule has 9 heteroatoms. The Morgan fingerprint density at radius 2 is 1.84 bits per heavy atom. The molecule has 0 bridgehead atoms. The molecular weight excluding hydrogens is 568 g/mol. The third-order valence-corrected chi connectivity index (χ3v) is 11.1. The number of benzene rings is 2. The number of alkyl halides is 2. The van der Waals surface area contributed by atoms with E-state index in [-0.39, 0.29) is 24.8 Å². The first-order chi connectivity index (χ1) is 20.8. The highest BCUT2D eigenvalue weighted by molar-refractivity contribution is 6.01. The highest BCUT2D eigenvalue weighted by atomic mass is 19.1. The van der Waals surface area contributed by atoms with Crippen LogP contribution in [0.2, 0.25) is 0 Å². The molecule has 44 heavy (non-hydrogen) atoms. The van der Waals surface area contributed by atoms with Gasteiger partial charge in [0.1, 0.15) is 12.8 Å². The number of ether oxygens (including phenoxy) is 1. The number of ketones is 2. The van der Waals surface area contributed by atoms with Gasteiger partial charge >= 0.3 is 0 Å². The van der Waals surface area contributed by atoms with Crippen LogP contribution in [0.4, 0.5) is 14.5 Å². The number of halogens is 2. The van der Waals surface area contributed by atoms with Crippen LogP contribution >= 0.6 is 0 Å². The number of hydrogen-bond acceptors (Lipinski definition) is 7. The first-order valence-corrected chi connectivity index (χ1v) is 15.2. The van der Waals surface area contributed by atoms with Crippen LogP contribution in [0, 0.1) is 28.6 Å². The number of anilines is 1. The number of hydrogen-bond donors (Lipinski definition) is 4. The first-order valence-electron chi connectivity index (χ1n) is 15.2. The largest absolute Gasteiger partial charge is 0.399 e. The van der Waals surface area contributed by atoms with E-state index in [1.165, 1.54) is 19.1 Å². The summed E-state index contributed by atoms with van der Waals surface area (Å²) in [5.74, 6) is -3.52. The van der Waals surface area contributed by atoms with Crippen LogP contribution in [0.5, 0.6) is 0 Å². The summed E-state index contributed by atoms with van der Waals surface area (Å²) in [4.78, 5) is 25.3. The monoisotopic (exact) mass is 607 g/mol. The molecule has 0 radical (unpaired) electrons. The van der Waals surface area contributed by atoms with Crippen molar-refractivity contribution >= 4 is 17.3 Å². The van der Waals surface area contributed by atoms with Crippen molar-refractivity contribution in [2.24, 2.45) is 28.6 Å². The second-order valence-corrected chi connectivity index (χ2v) is 13.5. The van der Waals surface area contributed by atoms with E-state index in [0.717, 1.165) is 17.2 Å². The maximum absolute atomic E-state index is 17.5. The van der Waals surface area contributed by atoms with E-state index in [1.807, 2.05) is 36.4 Å². The Labute approximate surface area is 255 Å². The number of carbonyl (C=O) groups excluding carboxylic acids is 2. The molecule has 6 rings (SSSR count). The van der Waals surface area contributed by atoms with Crippen LogP contribution in [-0.4, -0.2) is 57.5 Å². The SMILES string of the molecule is C[C@]12C[C@H](O)[C@@]3(F)[C@@H](C[C@H](F)C4=CC(=O)C=C[C@@]43C)[C@@H]1C[C@@H](O[C@H](O)c1ccc(Cc3cccc(N)c3)cc1)[C@@H]2C(=O)CO. The summed E-state index contributed by atoms with van der Waals surface area (Å²) in [6, 6.07) is 14.8. The third-order valence-electron chi connectivity index (χ3n) is 11.1. The number of rotatable bonds is 7. The van der Waals surface area contributed by atoms with Crippen molar-refractivity contribution in [3.05, 3.63) is 89.0 Å². The number of allylic oxidation sites excluding steroid dienone is 4. The van der Waals surface area contributed by atoms with Gasteiger partial charge in [0.15, 0.2) is 23.5 Å². The summed E-state index contributed by atoms with van der Waals surface area (Å²) in [5, 5.41) is 32.6. The summed E-state index contributed by atoms with van der Waals surface area (Å²) >= 11 is 0. The van der Waals surface area contributed by atoms with Crippen molar-refractivity contribution in [2.75, 3.05) is 12.3 Å². The van der Waals surface area contributed by atoms with Gasteiger partial charge in [0.25, 0.3) is 0 Å². The minimum absolute atomic E-state index is 0.0229. The topological polar surface area (TPSA) is 130 Å². The Bertz CT molecular complexity index is 1530. The zero-order valence-electron chi connectivity index (χ0n) is 24.8. The fourth-order valence-corrected chi connectivity index (χ4v) is 8.99. The molecule has 7 nitrogen and oxygen atoms in total. The van der Waals surface area contributed by atoms with E-state index in [4.69, 9.17) is 10.5 Å². The number of aliphatic hydroxyl groups is 3. The van der Waals surface area contributed by atoms with Crippen LogP contribution < -0.4 is 5.73 Å². The van der Waals surface area contributed by atoms with E-state index < -0.39 is 77.1 Å². The zero-order valence-corrected chi connectivity index (χ0v) is 24.8. The van der Waals surface area contributed by atoms with Crippen LogP contribution in [0.15, 0.2) is 72.3 Å². The number of Topliss-reactive ketones (excluding diaryl/α,β-unsaturated/α-hetero) is 1. The van der Waals surface area contributed by atoms with Crippen molar-refractivity contribution in [1.82, 2.24) is 0 Å². The van der Waals surface area contributed by atoms with E-state index in [9.17, 15) is 24.9 Å². The lowest BCUT2D eigenvalue weighted by atomic mass is 9.45. The van der Waals surface area contributed by atoms with Gasteiger partial charge in [-0.25, -0.2) is 8.78 Å². The Kier molecular flexibility index (Phi) is 7.68. The van der Waals surface area contributed by atoms with Crippen molar-refractivity contribution < 1.29 is 38.4 Å². The van der Waals surface area contributed by atoms with Crippen LogP contribution in [0.3, 0.4) is 0 Å². The van der Waals surface area contributed by atoms with Gasteiger partial charge in [-0.15, -0.1) is 0 Å². The lowest BCUT2D eigenvalue weighted by molar-refractivity contribution is -0.203. The standard InChI is InChI=1S/C35H39F2NO6/c1-33-17-30(42)35(37)25(15-27(36)26-14-23(40)10-11-34(26,35)2)24(33)16-29(31(33)28(41)18-39)44-32(43)21-8-6-19(7-9-21)12-20-4-3-5-22(38)13-20/h3-11,13-14,24-25,27,29-32,39,42-43H,12,15-18,38H2,1-2H3/t24-,25-,27-,29+,30-,31-,32-,33-,34-,35-/m0/s1. The smallest absolute Gasteiger partial charge is 0.181 e. The Morgan fingerprint density at radius 3 is 2.52 bits per heavy atom. The van der Waals surface area contributed by atoms with Crippen molar-refractivity contribution in [3.63, 3.8) is 0 Å².